The molecule has 1 aliphatic carbocycles. The summed E-state index contributed by atoms with van der Waals surface area (Å²) >= 11 is 0. The lowest BCUT2D eigenvalue weighted by Crippen LogP contribution is -2.43. The van der Waals surface area contributed by atoms with Gasteiger partial charge in [0.15, 0.2) is 0 Å². The minimum absolute atomic E-state index is 0.0284. The molecule has 1 amide bonds. The Morgan fingerprint density at radius 2 is 1.97 bits per heavy atom. The van der Waals surface area contributed by atoms with E-state index >= 15 is 0 Å². The molecule has 8 nitrogen and oxygen atoms in total. The quantitative estimate of drug-likeness (QED) is 0.815. The van der Waals surface area contributed by atoms with Crippen molar-refractivity contribution >= 4 is 5.91 Å². The first-order valence-electron chi connectivity index (χ1n) is 11.8. The Kier molecular flexibility index (Phi) is 5.65. The van der Waals surface area contributed by atoms with Gasteiger partial charge >= 0.3 is 0 Å². The maximum Gasteiger partial charge on any atom is 0.274 e. The van der Waals surface area contributed by atoms with Crippen molar-refractivity contribution in [2.75, 3.05) is 13.1 Å². The van der Waals surface area contributed by atoms with Gasteiger partial charge in [-0.25, -0.2) is 4.98 Å². The molecule has 1 N–H and O–H groups in total. The summed E-state index contributed by atoms with van der Waals surface area (Å²) in [5, 5.41) is 4.40. The van der Waals surface area contributed by atoms with Crippen LogP contribution in [-0.4, -0.2) is 54.6 Å². The fourth-order valence-corrected chi connectivity index (χ4v) is 5.48. The number of amides is 1. The van der Waals surface area contributed by atoms with Gasteiger partial charge in [0.2, 0.25) is 0 Å². The van der Waals surface area contributed by atoms with Gasteiger partial charge in [0.05, 0.1) is 11.7 Å². The molecule has 1 unspecified atom stereocenters. The second-order valence-corrected chi connectivity index (χ2v) is 9.10. The van der Waals surface area contributed by atoms with Crippen LogP contribution >= 0.6 is 0 Å². The normalized spacial score (nSPS) is 22.6. The molecule has 2 aromatic rings. The zero-order chi connectivity index (χ0) is 21.4. The van der Waals surface area contributed by atoms with Crippen LogP contribution < -0.4 is 5.56 Å². The summed E-state index contributed by atoms with van der Waals surface area (Å²) in [5.41, 5.74) is 2.17. The van der Waals surface area contributed by atoms with Crippen LogP contribution in [0.1, 0.15) is 85.5 Å². The van der Waals surface area contributed by atoms with Crippen LogP contribution in [0.3, 0.4) is 0 Å². The molecule has 2 aromatic heterocycles. The summed E-state index contributed by atoms with van der Waals surface area (Å²) in [6, 6.07) is 2.20. The molecular weight excluding hydrogens is 392 g/mol. The summed E-state index contributed by atoms with van der Waals surface area (Å²) in [6.45, 7) is 5.08. The van der Waals surface area contributed by atoms with Crippen LogP contribution in [0.4, 0.5) is 0 Å². The van der Waals surface area contributed by atoms with Crippen LogP contribution in [0, 0.1) is 0 Å². The Balaban J connectivity index is 1.42. The number of likely N-dealkylation sites (tertiary alicyclic amines) is 1. The summed E-state index contributed by atoms with van der Waals surface area (Å²) in [6.07, 6.45) is 10.5. The van der Waals surface area contributed by atoms with E-state index in [4.69, 9.17) is 4.98 Å². The third-order valence-electron chi connectivity index (χ3n) is 7.23. The molecule has 0 radical (unpaired) electrons. The van der Waals surface area contributed by atoms with E-state index in [0.29, 0.717) is 24.1 Å². The van der Waals surface area contributed by atoms with Crippen molar-refractivity contribution in [3.8, 4) is 0 Å². The van der Waals surface area contributed by atoms with E-state index in [9.17, 15) is 9.59 Å². The van der Waals surface area contributed by atoms with E-state index in [1.807, 2.05) is 18.0 Å². The van der Waals surface area contributed by atoms with E-state index in [0.717, 1.165) is 56.6 Å². The fourth-order valence-electron chi connectivity index (χ4n) is 5.48. The van der Waals surface area contributed by atoms with Gasteiger partial charge in [-0.15, -0.1) is 0 Å². The van der Waals surface area contributed by atoms with E-state index in [-0.39, 0.29) is 17.5 Å². The molecule has 0 aromatic carbocycles. The van der Waals surface area contributed by atoms with E-state index in [2.05, 4.69) is 15.0 Å². The van der Waals surface area contributed by atoms with Crippen molar-refractivity contribution in [1.29, 1.82) is 0 Å². The Morgan fingerprint density at radius 3 is 2.74 bits per heavy atom. The number of fused-ring (bicyclic) bond motifs is 1. The highest BCUT2D eigenvalue weighted by Gasteiger charge is 2.34. The van der Waals surface area contributed by atoms with E-state index in [1.54, 1.807) is 10.7 Å². The molecule has 2 fully saturated rings. The van der Waals surface area contributed by atoms with Crippen LogP contribution in [0.5, 0.6) is 0 Å². The standard InChI is InChI=1S/C23H32N6O2/c1-2-28-14-11-18(26-28)23(31)29-12-6-5-9-20(29)21-24-19-15-27(16-7-3-4-8-16)13-10-17(19)22(30)25-21/h11,14,16,20H,2-10,12-13,15H2,1H3,(H,24,25,30). The van der Waals surface area contributed by atoms with Crippen molar-refractivity contribution in [3.05, 3.63) is 45.4 Å². The molecule has 1 saturated heterocycles. The lowest BCUT2D eigenvalue weighted by atomic mass is 9.99. The number of nitrogens with one attached hydrogen (secondary N) is 1. The third-order valence-corrected chi connectivity index (χ3v) is 7.23. The first-order valence-corrected chi connectivity index (χ1v) is 11.8. The second-order valence-electron chi connectivity index (χ2n) is 9.10. The SMILES string of the molecule is CCn1ccc(C(=O)N2CCCCC2c2nc3c(c(=O)[nH]2)CCN(C2CCCC2)C3)n1. The zero-order valence-corrected chi connectivity index (χ0v) is 18.3. The number of rotatable bonds is 4. The van der Waals surface area contributed by atoms with Crippen molar-refractivity contribution in [1.82, 2.24) is 29.5 Å². The monoisotopic (exact) mass is 424 g/mol. The molecule has 31 heavy (non-hydrogen) atoms. The van der Waals surface area contributed by atoms with E-state index < -0.39 is 0 Å². The molecule has 1 saturated carbocycles. The van der Waals surface area contributed by atoms with Crippen molar-refractivity contribution in [2.24, 2.45) is 0 Å². The predicted octanol–water partition coefficient (Wildman–Crippen LogP) is 2.65. The molecule has 5 rings (SSSR count). The molecule has 166 valence electrons. The summed E-state index contributed by atoms with van der Waals surface area (Å²) < 4.78 is 1.77. The van der Waals surface area contributed by atoms with E-state index in [1.165, 1.54) is 25.7 Å². The summed E-state index contributed by atoms with van der Waals surface area (Å²) in [7, 11) is 0. The van der Waals surface area contributed by atoms with Gasteiger partial charge in [-0.3, -0.25) is 19.2 Å². The molecule has 2 aliphatic heterocycles. The maximum atomic E-state index is 13.2. The minimum Gasteiger partial charge on any atom is -0.327 e. The predicted molar refractivity (Wildman–Crippen MR) is 117 cm³/mol. The number of carbonyl (C=O) groups is 1. The zero-order valence-electron chi connectivity index (χ0n) is 18.3. The van der Waals surface area contributed by atoms with Crippen LogP contribution in [0.2, 0.25) is 0 Å². The molecule has 0 spiro atoms. The number of nitrogens with zero attached hydrogens (tertiary/aromatic N) is 5. The van der Waals surface area contributed by atoms with Crippen LogP contribution in [0.15, 0.2) is 17.1 Å². The lowest BCUT2D eigenvalue weighted by Gasteiger charge is -2.36. The first-order chi connectivity index (χ1) is 15.1. The van der Waals surface area contributed by atoms with Gasteiger partial charge < -0.3 is 9.88 Å². The molecule has 1 atom stereocenters. The van der Waals surface area contributed by atoms with Gasteiger partial charge in [0.25, 0.3) is 11.5 Å². The van der Waals surface area contributed by atoms with Gasteiger partial charge in [0.1, 0.15) is 11.5 Å². The number of carbonyl (C=O) groups excluding carboxylic acids is 1. The fraction of sp³-hybridized carbons (Fsp3) is 0.652. The largest absolute Gasteiger partial charge is 0.327 e. The number of piperidine rings is 1. The number of hydrogen-bond acceptors (Lipinski definition) is 5. The van der Waals surface area contributed by atoms with Gasteiger partial charge in [-0.2, -0.15) is 5.10 Å². The number of aryl methyl sites for hydroxylation is 1. The lowest BCUT2D eigenvalue weighted by molar-refractivity contribution is 0.0591. The van der Waals surface area contributed by atoms with Gasteiger partial charge in [-0.05, 0) is 51.5 Å². The smallest absolute Gasteiger partial charge is 0.274 e. The number of H-pyrrole nitrogens is 1. The first kappa shape index (κ1) is 20.4. The van der Waals surface area contributed by atoms with Crippen molar-refractivity contribution in [3.63, 3.8) is 0 Å². The maximum absolute atomic E-state index is 13.2. The minimum atomic E-state index is -0.201. The Bertz CT molecular complexity index is 1010. The Hall–Kier alpha value is -2.48. The average Bonchev–Trinajstić information content (AvgIpc) is 3.50. The van der Waals surface area contributed by atoms with Gasteiger partial charge in [-0.1, -0.05) is 12.8 Å². The number of hydrogen-bond donors (Lipinski definition) is 1. The molecule has 8 heteroatoms. The molecule has 3 aliphatic rings. The highest BCUT2D eigenvalue weighted by Crippen LogP contribution is 2.31. The van der Waals surface area contributed by atoms with Crippen LogP contribution in [-0.2, 0) is 19.5 Å². The van der Waals surface area contributed by atoms with Gasteiger partial charge in [0, 0.05) is 44.0 Å². The summed E-state index contributed by atoms with van der Waals surface area (Å²) in [5.74, 6) is 0.560. The molecule has 0 bridgehead atoms. The van der Waals surface area contributed by atoms with Crippen molar-refractivity contribution < 1.29 is 4.79 Å². The average molecular weight is 425 g/mol. The molecule has 4 heterocycles. The van der Waals surface area contributed by atoms with Crippen LogP contribution in [0.25, 0.3) is 0 Å². The third kappa shape index (κ3) is 3.93. The Morgan fingerprint density at radius 1 is 1.16 bits per heavy atom. The highest BCUT2D eigenvalue weighted by atomic mass is 16.2. The molecular formula is C23H32N6O2. The second kappa shape index (κ2) is 8.57. The summed E-state index contributed by atoms with van der Waals surface area (Å²) in [4.78, 5) is 38.5. The van der Waals surface area contributed by atoms with Crippen molar-refractivity contribution in [2.45, 2.75) is 83.5 Å². The Labute approximate surface area is 182 Å². The highest BCUT2D eigenvalue weighted by molar-refractivity contribution is 5.92. The number of aromatic nitrogens is 4. The topological polar surface area (TPSA) is 87.1 Å². The number of aromatic amines is 1.